The standard InChI is InChI=1S/C12H20NO4PS2/c1-4-11-19-18(14,17-5-2)13(20(3,15)16)12-9-7-6-8-10-12/h6-10H,4-5,11H2,1-3H3. The van der Waals surface area contributed by atoms with Crippen LogP contribution >= 0.6 is 18.1 Å². The fraction of sp³-hybridized carbons (Fsp3) is 0.500. The van der Waals surface area contributed by atoms with E-state index >= 15 is 0 Å². The van der Waals surface area contributed by atoms with Gasteiger partial charge in [-0.15, -0.1) is 0 Å². The van der Waals surface area contributed by atoms with Gasteiger partial charge in [-0.1, -0.05) is 25.1 Å². The predicted octanol–water partition coefficient (Wildman–Crippen LogP) is 3.74. The topological polar surface area (TPSA) is 63.7 Å². The van der Waals surface area contributed by atoms with Crippen LogP contribution in [0.3, 0.4) is 0 Å². The summed E-state index contributed by atoms with van der Waals surface area (Å²) in [5.74, 6) is 0.566. The zero-order valence-corrected chi connectivity index (χ0v) is 14.4. The van der Waals surface area contributed by atoms with Crippen LogP contribution in [0.5, 0.6) is 0 Å². The number of rotatable bonds is 8. The molecule has 1 aromatic carbocycles. The quantitative estimate of drug-likeness (QED) is 0.676. The van der Waals surface area contributed by atoms with Gasteiger partial charge in [-0.05, 0) is 36.9 Å². The van der Waals surface area contributed by atoms with Gasteiger partial charge in [0.15, 0.2) is 0 Å². The largest absolute Gasteiger partial charge is 0.367 e. The van der Waals surface area contributed by atoms with Crippen molar-refractivity contribution < 1.29 is 17.5 Å². The molecular formula is C12H20NO4PS2. The molecule has 0 aliphatic heterocycles. The number of benzene rings is 1. The lowest BCUT2D eigenvalue weighted by Crippen LogP contribution is -2.26. The fourth-order valence-corrected chi connectivity index (χ4v) is 9.01. The minimum atomic E-state index is -3.70. The molecule has 0 spiro atoms. The Hall–Kier alpha value is -0.490. The first-order valence-electron chi connectivity index (χ1n) is 6.30. The monoisotopic (exact) mass is 337 g/mol. The van der Waals surface area contributed by atoms with E-state index in [0.717, 1.165) is 28.1 Å². The summed E-state index contributed by atoms with van der Waals surface area (Å²) in [6, 6.07) is 8.40. The van der Waals surface area contributed by atoms with E-state index < -0.39 is 16.7 Å². The second-order valence-electron chi connectivity index (χ2n) is 4.06. The van der Waals surface area contributed by atoms with Gasteiger partial charge in [0.25, 0.3) is 0 Å². The minimum absolute atomic E-state index is 0.187. The maximum atomic E-state index is 13.0. The van der Waals surface area contributed by atoms with E-state index in [1.807, 2.05) is 6.92 Å². The van der Waals surface area contributed by atoms with Gasteiger partial charge in [0, 0.05) is 5.75 Å². The Kier molecular flexibility index (Phi) is 6.58. The average Bonchev–Trinajstić information content (AvgIpc) is 2.36. The summed E-state index contributed by atoms with van der Waals surface area (Å²) in [7, 11) is -3.70. The molecule has 1 aromatic rings. The van der Waals surface area contributed by atoms with E-state index in [1.165, 1.54) is 0 Å². The number of hydrogen-bond acceptors (Lipinski definition) is 5. The van der Waals surface area contributed by atoms with Gasteiger partial charge in [0.1, 0.15) is 0 Å². The van der Waals surface area contributed by atoms with E-state index in [4.69, 9.17) is 4.52 Å². The summed E-state index contributed by atoms with van der Waals surface area (Å²) >= 11 is 1.06. The third kappa shape index (κ3) is 4.52. The van der Waals surface area contributed by atoms with Crippen LogP contribution in [0.25, 0.3) is 0 Å². The van der Waals surface area contributed by atoms with Gasteiger partial charge >= 0.3 is 6.72 Å². The normalized spacial score (nSPS) is 14.8. The molecule has 114 valence electrons. The predicted molar refractivity (Wildman–Crippen MR) is 85.7 cm³/mol. The lowest BCUT2D eigenvalue weighted by atomic mass is 10.3. The molecule has 0 heterocycles. The summed E-state index contributed by atoms with van der Waals surface area (Å²) in [4.78, 5) is 0. The van der Waals surface area contributed by atoms with Crippen molar-refractivity contribution in [3.63, 3.8) is 0 Å². The summed E-state index contributed by atoms with van der Waals surface area (Å²) in [5.41, 5.74) is 0.357. The lowest BCUT2D eigenvalue weighted by molar-refractivity contribution is 0.347. The smallest absolute Gasteiger partial charge is 0.305 e. The Bertz CT molecular complexity index is 562. The zero-order chi connectivity index (χ0) is 15.2. The molecule has 8 heteroatoms. The molecular weight excluding hydrogens is 317 g/mol. The minimum Gasteiger partial charge on any atom is -0.305 e. The van der Waals surface area contributed by atoms with Crippen LogP contribution in [-0.4, -0.2) is 27.0 Å². The Morgan fingerprint density at radius 3 is 2.30 bits per heavy atom. The number of nitrogens with zero attached hydrogens (tertiary/aromatic N) is 1. The van der Waals surface area contributed by atoms with Crippen LogP contribution in [-0.2, 0) is 19.1 Å². The van der Waals surface area contributed by atoms with Gasteiger partial charge in [-0.3, -0.25) is 4.57 Å². The third-order valence-corrected chi connectivity index (χ3v) is 9.46. The first-order valence-corrected chi connectivity index (χ1v) is 11.3. The van der Waals surface area contributed by atoms with E-state index in [2.05, 4.69) is 0 Å². The van der Waals surface area contributed by atoms with Crippen molar-refractivity contribution in [1.82, 2.24) is 0 Å². The number of sulfonamides is 1. The highest BCUT2D eigenvalue weighted by Crippen LogP contribution is 2.64. The number of hydrogen-bond donors (Lipinski definition) is 0. The van der Waals surface area contributed by atoms with Crippen molar-refractivity contribution in [3.8, 4) is 0 Å². The molecule has 0 N–H and O–H groups in total. The summed E-state index contributed by atoms with van der Waals surface area (Å²) < 4.78 is 43.4. The highest BCUT2D eigenvalue weighted by molar-refractivity contribution is 8.58. The van der Waals surface area contributed by atoms with Gasteiger partial charge in [0.2, 0.25) is 10.0 Å². The Balaban J connectivity index is 3.30. The molecule has 0 amide bonds. The van der Waals surface area contributed by atoms with Gasteiger partial charge in [-0.2, -0.15) is 4.08 Å². The molecule has 0 fully saturated rings. The third-order valence-electron chi connectivity index (χ3n) is 2.26. The summed E-state index contributed by atoms with van der Waals surface area (Å²) in [6.07, 6.45) is 1.83. The van der Waals surface area contributed by atoms with Crippen LogP contribution in [0.1, 0.15) is 20.3 Å². The van der Waals surface area contributed by atoms with Crippen molar-refractivity contribution in [2.45, 2.75) is 20.3 Å². The van der Waals surface area contributed by atoms with Crippen molar-refractivity contribution in [1.29, 1.82) is 0 Å². The second-order valence-corrected chi connectivity index (χ2v) is 10.6. The first kappa shape index (κ1) is 17.6. The molecule has 1 unspecified atom stereocenters. The van der Waals surface area contributed by atoms with Gasteiger partial charge < -0.3 is 4.52 Å². The molecule has 0 radical (unpaired) electrons. The molecule has 1 atom stereocenters. The van der Waals surface area contributed by atoms with Crippen LogP contribution < -0.4 is 4.08 Å². The Labute approximate surface area is 125 Å². The molecule has 0 aliphatic carbocycles. The van der Waals surface area contributed by atoms with Gasteiger partial charge in [0.05, 0.1) is 18.6 Å². The molecule has 0 saturated carbocycles. The molecule has 20 heavy (non-hydrogen) atoms. The Morgan fingerprint density at radius 1 is 1.25 bits per heavy atom. The molecule has 0 aromatic heterocycles. The zero-order valence-electron chi connectivity index (χ0n) is 11.9. The number of anilines is 1. The molecule has 0 bridgehead atoms. The molecule has 0 aliphatic rings. The van der Waals surface area contributed by atoms with Crippen LogP contribution in [0.4, 0.5) is 5.69 Å². The highest BCUT2D eigenvalue weighted by Gasteiger charge is 2.39. The highest BCUT2D eigenvalue weighted by atomic mass is 32.7. The maximum Gasteiger partial charge on any atom is 0.367 e. The summed E-state index contributed by atoms with van der Waals surface area (Å²) in [6.45, 7) is 0.300. The Morgan fingerprint density at radius 2 is 1.85 bits per heavy atom. The molecule has 0 saturated heterocycles. The first-order chi connectivity index (χ1) is 9.35. The van der Waals surface area contributed by atoms with Crippen molar-refractivity contribution >= 4 is 33.8 Å². The van der Waals surface area contributed by atoms with Crippen LogP contribution in [0, 0.1) is 0 Å². The maximum absolute atomic E-state index is 13.0. The van der Waals surface area contributed by atoms with Crippen molar-refractivity contribution in [2.24, 2.45) is 0 Å². The average molecular weight is 337 g/mol. The van der Waals surface area contributed by atoms with Crippen molar-refractivity contribution in [2.75, 3.05) is 22.7 Å². The van der Waals surface area contributed by atoms with Crippen LogP contribution in [0.2, 0.25) is 0 Å². The second kappa shape index (κ2) is 7.50. The van der Waals surface area contributed by atoms with E-state index in [1.54, 1.807) is 37.3 Å². The molecule has 1 rings (SSSR count). The van der Waals surface area contributed by atoms with E-state index in [9.17, 15) is 13.0 Å². The fourth-order valence-electron chi connectivity index (χ4n) is 1.58. The lowest BCUT2D eigenvalue weighted by Gasteiger charge is -2.29. The van der Waals surface area contributed by atoms with Crippen LogP contribution in [0.15, 0.2) is 30.3 Å². The van der Waals surface area contributed by atoms with E-state index in [0.29, 0.717) is 11.4 Å². The number of para-hydroxylation sites is 1. The van der Waals surface area contributed by atoms with Gasteiger partial charge in [-0.25, -0.2) is 8.42 Å². The molecule has 5 nitrogen and oxygen atoms in total. The SMILES string of the molecule is CCCSP(=O)(OCC)N(c1ccccc1)S(C)(=O)=O. The summed E-state index contributed by atoms with van der Waals surface area (Å²) in [5, 5.41) is 0. The van der Waals surface area contributed by atoms with Crippen molar-refractivity contribution in [3.05, 3.63) is 30.3 Å². The van der Waals surface area contributed by atoms with E-state index in [-0.39, 0.29) is 6.61 Å².